The van der Waals surface area contributed by atoms with Crippen molar-refractivity contribution in [2.45, 2.75) is 32.6 Å². The largest absolute Gasteiger partial charge is 0.464 e. The molecule has 0 spiro atoms. The van der Waals surface area contributed by atoms with Crippen molar-refractivity contribution in [3.8, 4) is 0 Å². The number of carbonyl (C=O) groups is 2. The minimum absolute atomic E-state index is 0.156. The van der Waals surface area contributed by atoms with Gasteiger partial charge in [0.25, 0.3) is 5.91 Å². The van der Waals surface area contributed by atoms with Gasteiger partial charge >= 0.3 is 6.09 Å². The number of nitrogens with zero attached hydrogens (tertiary/aromatic N) is 2. The molecular formula is C15H19N3O3. The molecule has 6 heteroatoms. The molecule has 0 bridgehead atoms. The number of benzene rings is 1. The highest BCUT2D eigenvalue weighted by atomic mass is 16.4. The lowest BCUT2D eigenvalue weighted by Gasteiger charge is -2.16. The Morgan fingerprint density at radius 3 is 2.76 bits per heavy atom. The normalized spacial score (nSPS) is 15.4. The standard InChI is InChI=1S/C15H19N3O3/c1-2-3-4-7-10-18-12-9-6-5-8-11(12)13(14(18)19)16-17-15(20)21/h5-6,8-9,17H,2-4,7,10H2,1H3,(H,20,21)/b16-13-. The second-order valence-electron chi connectivity index (χ2n) is 4.91. The lowest BCUT2D eigenvalue weighted by Crippen LogP contribution is -2.32. The lowest BCUT2D eigenvalue weighted by molar-refractivity contribution is -0.112. The monoisotopic (exact) mass is 289 g/mol. The van der Waals surface area contributed by atoms with Crippen molar-refractivity contribution in [3.63, 3.8) is 0 Å². The molecule has 0 radical (unpaired) electrons. The van der Waals surface area contributed by atoms with Crippen molar-refractivity contribution in [3.05, 3.63) is 29.8 Å². The summed E-state index contributed by atoms with van der Waals surface area (Å²) in [5.41, 5.74) is 3.54. The first-order valence-corrected chi connectivity index (χ1v) is 7.13. The summed E-state index contributed by atoms with van der Waals surface area (Å²) in [6, 6.07) is 7.31. The summed E-state index contributed by atoms with van der Waals surface area (Å²) in [5, 5.41) is 12.3. The fourth-order valence-electron chi connectivity index (χ4n) is 2.39. The molecule has 1 aromatic carbocycles. The topological polar surface area (TPSA) is 82.0 Å². The summed E-state index contributed by atoms with van der Waals surface area (Å²) in [4.78, 5) is 24.6. The minimum Gasteiger partial charge on any atom is -0.464 e. The average Bonchev–Trinajstić information content (AvgIpc) is 2.74. The van der Waals surface area contributed by atoms with Gasteiger partial charge in [0.15, 0.2) is 5.71 Å². The molecule has 2 amide bonds. The molecule has 1 aliphatic rings. The van der Waals surface area contributed by atoms with Gasteiger partial charge in [0, 0.05) is 12.1 Å². The maximum atomic E-state index is 12.4. The number of para-hydroxylation sites is 1. The quantitative estimate of drug-likeness (QED) is 0.623. The van der Waals surface area contributed by atoms with E-state index in [1.54, 1.807) is 11.0 Å². The second kappa shape index (κ2) is 6.88. The number of fused-ring (bicyclic) bond motifs is 1. The van der Waals surface area contributed by atoms with Crippen molar-refractivity contribution in [1.29, 1.82) is 0 Å². The summed E-state index contributed by atoms with van der Waals surface area (Å²) in [7, 11) is 0. The third kappa shape index (κ3) is 3.39. The van der Waals surface area contributed by atoms with E-state index in [4.69, 9.17) is 5.11 Å². The fraction of sp³-hybridized carbons (Fsp3) is 0.400. The Labute approximate surface area is 123 Å². The van der Waals surface area contributed by atoms with Gasteiger partial charge in [0.1, 0.15) is 0 Å². The number of unbranched alkanes of at least 4 members (excludes halogenated alkanes) is 3. The molecule has 0 unspecified atom stereocenters. The zero-order valence-electron chi connectivity index (χ0n) is 12.0. The smallest absolute Gasteiger partial charge is 0.425 e. The summed E-state index contributed by atoms with van der Waals surface area (Å²) in [6.45, 7) is 2.76. The number of anilines is 1. The molecule has 2 rings (SSSR count). The van der Waals surface area contributed by atoms with Gasteiger partial charge in [-0.2, -0.15) is 5.10 Å². The third-order valence-electron chi connectivity index (χ3n) is 3.40. The van der Waals surface area contributed by atoms with Crippen molar-refractivity contribution in [1.82, 2.24) is 5.43 Å². The first kappa shape index (κ1) is 15.0. The summed E-state index contributed by atoms with van der Waals surface area (Å²) in [6.07, 6.45) is 3.00. The summed E-state index contributed by atoms with van der Waals surface area (Å²) >= 11 is 0. The van der Waals surface area contributed by atoms with Gasteiger partial charge in [-0.3, -0.25) is 4.79 Å². The van der Waals surface area contributed by atoms with Crippen LogP contribution in [0.2, 0.25) is 0 Å². The summed E-state index contributed by atoms with van der Waals surface area (Å²) < 4.78 is 0. The SMILES string of the molecule is CCCCCCN1C(=O)/C(=N\NC(=O)O)c2ccccc21. The maximum Gasteiger partial charge on any atom is 0.425 e. The van der Waals surface area contributed by atoms with E-state index in [1.165, 1.54) is 0 Å². The van der Waals surface area contributed by atoms with Crippen molar-refractivity contribution >= 4 is 23.4 Å². The highest BCUT2D eigenvalue weighted by Crippen LogP contribution is 2.29. The predicted molar refractivity (Wildman–Crippen MR) is 80.6 cm³/mol. The first-order valence-electron chi connectivity index (χ1n) is 7.13. The van der Waals surface area contributed by atoms with E-state index in [-0.39, 0.29) is 11.6 Å². The Bertz CT molecular complexity index is 569. The molecule has 0 aromatic heterocycles. The van der Waals surface area contributed by atoms with Crippen LogP contribution in [-0.2, 0) is 4.79 Å². The zero-order valence-corrected chi connectivity index (χ0v) is 12.0. The summed E-state index contributed by atoms with van der Waals surface area (Å²) in [5.74, 6) is -0.249. The Kier molecular flexibility index (Phi) is 4.92. The van der Waals surface area contributed by atoms with Crippen LogP contribution in [0.1, 0.15) is 38.2 Å². The van der Waals surface area contributed by atoms with Crippen molar-refractivity contribution < 1.29 is 14.7 Å². The van der Waals surface area contributed by atoms with Crippen molar-refractivity contribution in [2.75, 3.05) is 11.4 Å². The first-order chi connectivity index (χ1) is 10.1. The molecule has 1 aliphatic heterocycles. The minimum atomic E-state index is -1.28. The molecule has 1 heterocycles. The zero-order chi connectivity index (χ0) is 15.2. The van der Waals surface area contributed by atoms with Crippen LogP contribution in [0, 0.1) is 0 Å². The van der Waals surface area contributed by atoms with E-state index in [0.717, 1.165) is 31.4 Å². The number of carboxylic acid groups (broad SMARTS) is 1. The van der Waals surface area contributed by atoms with Gasteiger partial charge in [0.2, 0.25) is 0 Å². The molecule has 21 heavy (non-hydrogen) atoms. The number of hydrogen-bond donors (Lipinski definition) is 2. The van der Waals surface area contributed by atoms with Crippen LogP contribution in [0.3, 0.4) is 0 Å². The molecule has 0 saturated carbocycles. The molecule has 2 N–H and O–H groups in total. The Hall–Kier alpha value is -2.37. The van der Waals surface area contributed by atoms with Crippen LogP contribution >= 0.6 is 0 Å². The van der Waals surface area contributed by atoms with Gasteiger partial charge < -0.3 is 10.0 Å². The van der Waals surface area contributed by atoms with Gasteiger partial charge in [-0.15, -0.1) is 0 Å². The van der Waals surface area contributed by atoms with Gasteiger partial charge in [-0.05, 0) is 12.5 Å². The molecule has 112 valence electrons. The Morgan fingerprint density at radius 1 is 1.29 bits per heavy atom. The predicted octanol–water partition coefficient (Wildman–Crippen LogP) is 2.59. The van der Waals surface area contributed by atoms with E-state index in [1.807, 2.05) is 23.6 Å². The molecule has 0 atom stereocenters. The number of hydrazone groups is 1. The third-order valence-corrected chi connectivity index (χ3v) is 3.40. The van der Waals surface area contributed by atoms with E-state index in [2.05, 4.69) is 12.0 Å². The molecule has 0 fully saturated rings. The lowest BCUT2D eigenvalue weighted by atomic mass is 10.1. The molecule has 0 saturated heterocycles. The molecule has 1 aromatic rings. The number of carbonyl (C=O) groups excluding carboxylic acids is 1. The van der Waals surface area contributed by atoms with Gasteiger partial charge in [0.05, 0.1) is 5.69 Å². The van der Waals surface area contributed by atoms with Crippen LogP contribution < -0.4 is 10.3 Å². The van der Waals surface area contributed by atoms with Crippen LogP contribution in [0.15, 0.2) is 29.4 Å². The molecule has 0 aliphatic carbocycles. The number of rotatable bonds is 6. The fourth-order valence-corrected chi connectivity index (χ4v) is 2.39. The van der Waals surface area contributed by atoms with Crippen LogP contribution in [0.5, 0.6) is 0 Å². The van der Waals surface area contributed by atoms with Crippen molar-refractivity contribution in [2.24, 2.45) is 5.10 Å². The number of hydrogen-bond acceptors (Lipinski definition) is 3. The maximum absolute atomic E-state index is 12.4. The Balaban J connectivity index is 2.18. The molecule has 6 nitrogen and oxygen atoms in total. The van der Waals surface area contributed by atoms with Gasteiger partial charge in [-0.1, -0.05) is 44.4 Å². The van der Waals surface area contributed by atoms with Crippen LogP contribution in [0.25, 0.3) is 0 Å². The van der Waals surface area contributed by atoms with Crippen LogP contribution in [-0.4, -0.2) is 29.4 Å². The van der Waals surface area contributed by atoms with Gasteiger partial charge in [-0.25, -0.2) is 10.2 Å². The number of amides is 2. The van der Waals surface area contributed by atoms with E-state index >= 15 is 0 Å². The highest BCUT2D eigenvalue weighted by Gasteiger charge is 2.33. The average molecular weight is 289 g/mol. The number of nitrogens with one attached hydrogen (secondary N) is 1. The molecular weight excluding hydrogens is 270 g/mol. The highest BCUT2D eigenvalue weighted by molar-refractivity contribution is 6.54. The van der Waals surface area contributed by atoms with E-state index < -0.39 is 6.09 Å². The Morgan fingerprint density at radius 2 is 2.05 bits per heavy atom. The van der Waals surface area contributed by atoms with E-state index in [0.29, 0.717) is 12.1 Å². The second-order valence-corrected chi connectivity index (χ2v) is 4.91. The van der Waals surface area contributed by atoms with Crippen LogP contribution in [0.4, 0.5) is 10.5 Å². The van der Waals surface area contributed by atoms with E-state index in [9.17, 15) is 9.59 Å².